The highest BCUT2D eigenvalue weighted by molar-refractivity contribution is 7.98. The normalized spacial score (nSPS) is 10.8. The van der Waals surface area contributed by atoms with Crippen molar-refractivity contribution in [1.29, 1.82) is 0 Å². The summed E-state index contributed by atoms with van der Waals surface area (Å²) in [5.74, 6) is 0.852. The summed E-state index contributed by atoms with van der Waals surface area (Å²) < 4.78 is 16.9. The first-order valence-corrected chi connectivity index (χ1v) is 8.78. The van der Waals surface area contributed by atoms with Gasteiger partial charge < -0.3 is 13.9 Å². The fraction of sp³-hybridized carbons (Fsp3) is 0.167. The second-order valence-corrected chi connectivity index (χ2v) is 6.27. The van der Waals surface area contributed by atoms with Gasteiger partial charge in [0, 0.05) is 11.1 Å². The topological polar surface area (TPSA) is 48.7 Å². The lowest BCUT2D eigenvalue weighted by atomic mass is 10.2. The van der Waals surface area contributed by atoms with E-state index < -0.39 is 0 Å². The van der Waals surface area contributed by atoms with E-state index in [4.69, 9.17) is 25.5 Å². The Hall–Kier alpha value is -2.11. The van der Waals surface area contributed by atoms with E-state index in [1.165, 1.54) is 24.9 Å². The molecule has 6 heteroatoms. The summed E-state index contributed by atoms with van der Waals surface area (Å²) in [4.78, 5) is 12.4. The van der Waals surface area contributed by atoms with Crippen LogP contribution in [0.3, 0.4) is 0 Å². The molecule has 3 aromatic rings. The minimum atomic E-state index is -0.161. The first-order valence-electron chi connectivity index (χ1n) is 7.18. The number of hydrogen-bond donors (Lipinski definition) is 0. The van der Waals surface area contributed by atoms with Crippen LogP contribution in [0.5, 0.6) is 11.5 Å². The molecule has 0 radical (unpaired) electrons. The molecule has 0 atom stereocenters. The van der Waals surface area contributed by atoms with E-state index in [1.807, 2.05) is 24.5 Å². The molecule has 0 bridgehead atoms. The molecule has 0 aliphatic heterocycles. The minimum absolute atomic E-state index is 0.161. The maximum Gasteiger partial charge on any atom is 0.197 e. The van der Waals surface area contributed by atoms with E-state index in [2.05, 4.69) is 0 Å². The standard InChI is InChI=1S/C18H15ClO4S/c1-21-18-15(22-10-11-4-3-5-12(19)8-11)7-6-14-17(18)13(20)9-16(23-14)24-2/h3-9H,10H2,1-2H3. The molecule has 0 saturated heterocycles. The Morgan fingerprint density at radius 1 is 1.21 bits per heavy atom. The van der Waals surface area contributed by atoms with Gasteiger partial charge in [0.1, 0.15) is 17.6 Å². The number of fused-ring (bicyclic) bond motifs is 1. The molecule has 2 aromatic carbocycles. The highest BCUT2D eigenvalue weighted by atomic mass is 35.5. The number of hydrogen-bond acceptors (Lipinski definition) is 5. The van der Waals surface area contributed by atoms with Gasteiger partial charge in [0.25, 0.3) is 0 Å². The van der Waals surface area contributed by atoms with Crippen molar-refractivity contribution in [1.82, 2.24) is 0 Å². The largest absolute Gasteiger partial charge is 0.492 e. The molecule has 1 aromatic heterocycles. The van der Waals surface area contributed by atoms with E-state index >= 15 is 0 Å². The Morgan fingerprint density at radius 2 is 2.04 bits per heavy atom. The number of rotatable bonds is 5. The zero-order valence-corrected chi connectivity index (χ0v) is 14.7. The van der Waals surface area contributed by atoms with E-state index in [-0.39, 0.29) is 5.43 Å². The Bertz CT molecular complexity index is 936. The molecule has 1 heterocycles. The van der Waals surface area contributed by atoms with Crippen LogP contribution in [-0.2, 0) is 6.61 Å². The Balaban J connectivity index is 1.99. The number of ether oxygens (including phenoxy) is 2. The molecule has 0 unspecified atom stereocenters. The van der Waals surface area contributed by atoms with Gasteiger partial charge in [-0.3, -0.25) is 4.79 Å². The van der Waals surface area contributed by atoms with Crippen LogP contribution in [0.15, 0.2) is 56.8 Å². The molecular weight excluding hydrogens is 348 g/mol. The molecule has 0 aliphatic rings. The van der Waals surface area contributed by atoms with Crippen LogP contribution in [0.4, 0.5) is 0 Å². The van der Waals surface area contributed by atoms with Gasteiger partial charge in [0.15, 0.2) is 22.0 Å². The summed E-state index contributed by atoms with van der Waals surface area (Å²) in [5.41, 5.74) is 1.24. The third-order valence-electron chi connectivity index (χ3n) is 3.48. The van der Waals surface area contributed by atoms with E-state index in [9.17, 15) is 4.79 Å². The fourth-order valence-corrected chi connectivity index (χ4v) is 3.00. The van der Waals surface area contributed by atoms with Crippen molar-refractivity contribution in [2.45, 2.75) is 11.7 Å². The van der Waals surface area contributed by atoms with Crippen LogP contribution in [0.2, 0.25) is 5.02 Å². The average molecular weight is 363 g/mol. The van der Waals surface area contributed by atoms with Crippen molar-refractivity contribution < 1.29 is 13.9 Å². The van der Waals surface area contributed by atoms with Crippen molar-refractivity contribution in [2.75, 3.05) is 13.4 Å². The van der Waals surface area contributed by atoms with Crippen molar-refractivity contribution in [3.63, 3.8) is 0 Å². The maximum atomic E-state index is 12.4. The first-order chi connectivity index (χ1) is 11.6. The zero-order valence-electron chi connectivity index (χ0n) is 13.2. The van der Waals surface area contributed by atoms with Crippen LogP contribution in [0, 0.1) is 0 Å². The van der Waals surface area contributed by atoms with E-state index in [1.54, 1.807) is 18.2 Å². The molecule has 24 heavy (non-hydrogen) atoms. The van der Waals surface area contributed by atoms with Gasteiger partial charge in [-0.05, 0) is 36.1 Å². The summed E-state index contributed by atoms with van der Waals surface area (Å²) in [5, 5.41) is 1.58. The summed E-state index contributed by atoms with van der Waals surface area (Å²) in [6.07, 6.45) is 1.85. The fourth-order valence-electron chi connectivity index (χ4n) is 2.39. The predicted octanol–water partition coefficient (Wildman–Crippen LogP) is 4.76. The highest BCUT2D eigenvalue weighted by Crippen LogP contribution is 2.35. The van der Waals surface area contributed by atoms with Gasteiger partial charge in [-0.1, -0.05) is 35.5 Å². The highest BCUT2D eigenvalue weighted by Gasteiger charge is 2.15. The second kappa shape index (κ2) is 7.20. The van der Waals surface area contributed by atoms with Gasteiger partial charge in [-0.25, -0.2) is 0 Å². The van der Waals surface area contributed by atoms with E-state index in [0.29, 0.717) is 39.2 Å². The van der Waals surface area contributed by atoms with Crippen molar-refractivity contribution in [2.24, 2.45) is 0 Å². The minimum Gasteiger partial charge on any atom is -0.492 e. The Morgan fingerprint density at radius 3 is 2.75 bits per heavy atom. The molecule has 3 rings (SSSR count). The predicted molar refractivity (Wildman–Crippen MR) is 96.6 cm³/mol. The molecule has 0 N–H and O–H groups in total. The Labute approximate surface area is 148 Å². The lowest BCUT2D eigenvalue weighted by molar-refractivity contribution is 0.285. The number of thioether (sulfide) groups is 1. The molecule has 0 saturated carbocycles. The summed E-state index contributed by atoms with van der Waals surface area (Å²) >= 11 is 7.35. The van der Waals surface area contributed by atoms with Gasteiger partial charge in [-0.15, -0.1) is 0 Å². The second-order valence-electron chi connectivity index (χ2n) is 5.02. The molecule has 0 spiro atoms. The molecule has 0 aliphatic carbocycles. The maximum absolute atomic E-state index is 12.4. The number of halogens is 1. The van der Waals surface area contributed by atoms with Crippen LogP contribution in [0.25, 0.3) is 11.0 Å². The van der Waals surface area contributed by atoms with Crippen molar-refractivity contribution in [3.8, 4) is 11.5 Å². The van der Waals surface area contributed by atoms with E-state index in [0.717, 1.165) is 5.56 Å². The zero-order chi connectivity index (χ0) is 17.1. The van der Waals surface area contributed by atoms with Gasteiger partial charge in [0.2, 0.25) is 0 Å². The average Bonchev–Trinajstić information content (AvgIpc) is 2.59. The molecule has 4 nitrogen and oxygen atoms in total. The van der Waals surface area contributed by atoms with Crippen LogP contribution < -0.4 is 14.9 Å². The SMILES string of the molecule is COc1c(OCc2cccc(Cl)c2)ccc2oc(SC)cc(=O)c12. The lowest BCUT2D eigenvalue weighted by Crippen LogP contribution is -2.05. The monoisotopic (exact) mass is 362 g/mol. The summed E-state index contributed by atoms with van der Waals surface area (Å²) in [6.45, 7) is 0.316. The third kappa shape index (κ3) is 3.37. The van der Waals surface area contributed by atoms with Gasteiger partial charge in [-0.2, -0.15) is 0 Å². The van der Waals surface area contributed by atoms with Gasteiger partial charge in [0.05, 0.1) is 7.11 Å². The van der Waals surface area contributed by atoms with Crippen LogP contribution in [-0.4, -0.2) is 13.4 Å². The van der Waals surface area contributed by atoms with Crippen LogP contribution in [0.1, 0.15) is 5.56 Å². The summed E-state index contributed by atoms with van der Waals surface area (Å²) in [6, 6.07) is 12.3. The van der Waals surface area contributed by atoms with Crippen molar-refractivity contribution in [3.05, 3.63) is 63.3 Å². The first kappa shape index (κ1) is 16.7. The van der Waals surface area contributed by atoms with Gasteiger partial charge >= 0.3 is 0 Å². The smallest absolute Gasteiger partial charge is 0.197 e. The molecule has 124 valence electrons. The van der Waals surface area contributed by atoms with Crippen LogP contribution >= 0.6 is 23.4 Å². The third-order valence-corrected chi connectivity index (χ3v) is 4.32. The molecular formula is C18H15ClO4S. The number of benzene rings is 2. The quantitative estimate of drug-likeness (QED) is 0.612. The lowest BCUT2D eigenvalue weighted by Gasteiger charge is -2.13. The summed E-state index contributed by atoms with van der Waals surface area (Å²) in [7, 11) is 1.50. The Kier molecular flexibility index (Phi) is 5.02. The molecule has 0 amide bonds. The molecule has 0 fully saturated rings. The van der Waals surface area contributed by atoms with Crippen molar-refractivity contribution >= 4 is 34.3 Å². The number of methoxy groups -OCH3 is 1.